The van der Waals surface area contributed by atoms with Crippen molar-refractivity contribution < 1.29 is 4.92 Å². The molecule has 1 saturated heterocycles. The van der Waals surface area contributed by atoms with Crippen molar-refractivity contribution in [2.75, 3.05) is 18.0 Å². The van der Waals surface area contributed by atoms with Crippen LogP contribution in [0.25, 0.3) is 0 Å². The van der Waals surface area contributed by atoms with Crippen molar-refractivity contribution in [2.45, 2.75) is 19.8 Å². The molecule has 1 fully saturated rings. The lowest BCUT2D eigenvalue weighted by molar-refractivity contribution is -0.384. The van der Waals surface area contributed by atoms with Crippen LogP contribution in [0.4, 0.5) is 11.5 Å². The fourth-order valence-corrected chi connectivity index (χ4v) is 2.71. The molecule has 2 aromatic rings. The number of allylic oxidation sites excluding steroid dienone is 1. The van der Waals surface area contributed by atoms with E-state index in [-0.39, 0.29) is 10.6 Å². The van der Waals surface area contributed by atoms with E-state index in [1.165, 1.54) is 11.6 Å². The number of hydrogen-bond donors (Lipinski definition) is 0. The standard InChI is InChI=1S/C19H18N4O2/c1-15-8-9-18(23(24)25)19(21-15)22-13-10-16(11-14-22)5-4-7-17-6-2-3-12-20-17/h2-3,5-6,8-9,12H,10-11,13-14H2,1H3. The minimum absolute atomic E-state index is 0.0629. The van der Waals surface area contributed by atoms with Gasteiger partial charge in [-0.1, -0.05) is 17.6 Å². The van der Waals surface area contributed by atoms with Gasteiger partial charge in [-0.05, 0) is 50.0 Å². The van der Waals surface area contributed by atoms with Gasteiger partial charge in [0, 0.05) is 31.0 Å². The van der Waals surface area contributed by atoms with E-state index in [4.69, 9.17) is 0 Å². The van der Waals surface area contributed by atoms with Gasteiger partial charge in [0.25, 0.3) is 0 Å². The van der Waals surface area contributed by atoms with Gasteiger partial charge in [-0.3, -0.25) is 10.1 Å². The third-order valence-electron chi connectivity index (χ3n) is 4.04. The van der Waals surface area contributed by atoms with E-state index in [9.17, 15) is 10.1 Å². The molecule has 0 N–H and O–H groups in total. The zero-order chi connectivity index (χ0) is 17.6. The van der Waals surface area contributed by atoms with Gasteiger partial charge in [0.2, 0.25) is 5.82 Å². The predicted octanol–water partition coefficient (Wildman–Crippen LogP) is 3.27. The summed E-state index contributed by atoms with van der Waals surface area (Å²) in [5, 5.41) is 11.2. The average Bonchev–Trinajstić information content (AvgIpc) is 2.63. The first-order chi connectivity index (χ1) is 12.1. The average molecular weight is 334 g/mol. The SMILES string of the molecule is Cc1ccc([N+](=O)[O-])c(N2CCC(=CC#Cc3ccccn3)CC2)n1. The van der Waals surface area contributed by atoms with Gasteiger partial charge < -0.3 is 4.90 Å². The van der Waals surface area contributed by atoms with Crippen molar-refractivity contribution in [2.24, 2.45) is 0 Å². The molecule has 0 atom stereocenters. The van der Waals surface area contributed by atoms with Crippen molar-refractivity contribution in [1.29, 1.82) is 0 Å². The van der Waals surface area contributed by atoms with Gasteiger partial charge in [-0.25, -0.2) is 9.97 Å². The summed E-state index contributed by atoms with van der Waals surface area (Å²) < 4.78 is 0. The smallest absolute Gasteiger partial charge is 0.311 e. The molecule has 1 aliphatic rings. The Balaban J connectivity index is 1.68. The van der Waals surface area contributed by atoms with Gasteiger partial charge in [-0.15, -0.1) is 0 Å². The van der Waals surface area contributed by atoms with E-state index in [0.29, 0.717) is 18.9 Å². The molecule has 3 heterocycles. The second-order valence-electron chi connectivity index (χ2n) is 5.83. The van der Waals surface area contributed by atoms with Crippen LogP contribution in [0, 0.1) is 28.9 Å². The number of aromatic nitrogens is 2. The monoisotopic (exact) mass is 334 g/mol. The Morgan fingerprint density at radius 1 is 1.24 bits per heavy atom. The van der Waals surface area contributed by atoms with E-state index in [0.717, 1.165) is 24.2 Å². The van der Waals surface area contributed by atoms with E-state index in [1.54, 1.807) is 12.3 Å². The van der Waals surface area contributed by atoms with Crippen LogP contribution in [0.2, 0.25) is 0 Å². The lowest BCUT2D eigenvalue weighted by atomic mass is 10.0. The predicted molar refractivity (Wildman–Crippen MR) is 96.3 cm³/mol. The molecule has 0 radical (unpaired) electrons. The Hall–Kier alpha value is -3.20. The van der Waals surface area contributed by atoms with Crippen molar-refractivity contribution in [3.8, 4) is 11.8 Å². The zero-order valence-electron chi connectivity index (χ0n) is 14.0. The second-order valence-corrected chi connectivity index (χ2v) is 5.83. The van der Waals surface area contributed by atoms with E-state index in [2.05, 4.69) is 21.8 Å². The Morgan fingerprint density at radius 3 is 2.72 bits per heavy atom. The number of pyridine rings is 2. The second kappa shape index (κ2) is 7.58. The maximum absolute atomic E-state index is 11.2. The molecule has 0 amide bonds. The largest absolute Gasteiger partial charge is 0.350 e. The van der Waals surface area contributed by atoms with Crippen molar-refractivity contribution >= 4 is 11.5 Å². The van der Waals surface area contributed by atoms with Crippen LogP contribution < -0.4 is 4.90 Å². The summed E-state index contributed by atoms with van der Waals surface area (Å²) in [6, 6.07) is 8.84. The molecule has 0 aromatic carbocycles. The quantitative estimate of drug-likeness (QED) is 0.479. The lowest BCUT2D eigenvalue weighted by Gasteiger charge is -2.28. The Kier molecular flexibility index (Phi) is 5.05. The molecule has 2 aromatic heterocycles. The van der Waals surface area contributed by atoms with Crippen LogP contribution in [0.5, 0.6) is 0 Å². The van der Waals surface area contributed by atoms with E-state index < -0.39 is 0 Å². The highest BCUT2D eigenvalue weighted by molar-refractivity contribution is 5.58. The Morgan fingerprint density at radius 2 is 2.04 bits per heavy atom. The summed E-state index contributed by atoms with van der Waals surface area (Å²) in [6.07, 6.45) is 5.30. The molecule has 0 saturated carbocycles. The molecular formula is C19H18N4O2. The number of anilines is 1. The first-order valence-corrected chi connectivity index (χ1v) is 8.11. The fourth-order valence-electron chi connectivity index (χ4n) is 2.71. The topological polar surface area (TPSA) is 72.2 Å². The van der Waals surface area contributed by atoms with E-state index in [1.807, 2.05) is 36.1 Å². The summed E-state index contributed by atoms with van der Waals surface area (Å²) in [5.74, 6) is 6.52. The molecule has 0 spiro atoms. The molecule has 126 valence electrons. The summed E-state index contributed by atoms with van der Waals surface area (Å²) in [6.45, 7) is 3.25. The van der Waals surface area contributed by atoms with Crippen LogP contribution in [-0.2, 0) is 0 Å². The molecule has 1 aliphatic heterocycles. The lowest BCUT2D eigenvalue weighted by Crippen LogP contribution is -2.32. The summed E-state index contributed by atoms with van der Waals surface area (Å²) in [4.78, 5) is 21.4. The van der Waals surface area contributed by atoms with E-state index >= 15 is 0 Å². The van der Waals surface area contributed by atoms with Crippen LogP contribution >= 0.6 is 0 Å². The molecule has 0 unspecified atom stereocenters. The third kappa shape index (κ3) is 4.21. The first-order valence-electron chi connectivity index (χ1n) is 8.11. The highest BCUT2D eigenvalue weighted by Crippen LogP contribution is 2.29. The maximum atomic E-state index is 11.2. The zero-order valence-corrected chi connectivity index (χ0v) is 14.0. The maximum Gasteiger partial charge on any atom is 0.311 e. The minimum atomic E-state index is -0.370. The molecule has 3 rings (SSSR count). The first kappa shape index (κ1) is 16.7. The summed E-state index contributed by atoms with van der Waals surface area (Å²) >= 11 is 0. The molecular weight excluding hydrogens is 316 g/mol. The molecule has 6 heteroatoms. The number of aryl methyl sites for hydroxylation is 1. The van der Waals surface area contributed by atoms with Gasteiger partial charge in [0.1, 0.15) is 5.69 Å². The summed E-state index contributed by atoms with van der Waals surface area (Å²) in [5.41, 5.74) is 2.84. The van der Waals surface area contributed by atoms with Crippen molar-refractivity contribution in [3.63, 3.8) is 0 Å². The fraction of sp³-hybridized carbons (Fsp3) is 0.263. The van der Waals surface area contributed by atoms with Gasteiger partial charge >= 0.3 is 5.69 Å². The molecule has 0 bridgehead atoms. The van der Waals surface area contributed by atoms with Crippen molar-refractivity contribution in [3.05, 3.63) is 69.7 Å². The van der Waals surface area contributed by atoms with Crippen LogP contribution in [-0.4, -0.2) is 28.0 Å². The van der Waals surface area contributed by atoms with Crippen LogP contribution in [0.3, 0.4) is 0 Å². The summed E-state index contributed by atoms with van der Waals surface area (Å²) in [7, 11) is 0. The highest BCUT2D eigenvalue weighted by Gasteiger charge is 2.23. The number of piperidine rings is 1. The Labute approximate surface area is 146 Å². The van der Waals surface area contributed by atoms with Crippen molar-refractivity contribution in [1.82, 2.24) is 9.97 Å². The van der Waals surface area contributed by atoms with Gasteiger partial charge in [-0.2, -0.15) is 0 Å². The third-order valence-corrected chi connectivity index (χ3v) is 4.04. The molecule has 25 heavy (non-hydrogen) atoms. The minimum Gasteiger partial charge on any atom is -0.350 e. The normalized spacial score (nSPS) is 13.8. The molecule has 6 nitrogen and oxygen atoms in total. The number of rotatable bonds is 2. The number of nitrogens with zero attached hydrogens (tertiary/aromatic N) is 4. The van der Waals surface area contributed by atoms with Crippen LogP contribution in [0.1, 0.15) is 24.2 Å². The molecule has 0 aliphatic carbocycles. The van der Waals surface area contributed by atoms with Gasteiger partial charge in [0.15, 0.2) is 0 Å². The van der Waals surface area contributed by atoms with Crippen LogP contribution in [0.15, 0.2) is 48.2 Å². The highest BCUT2D eigenvalue weighted by atomic mass is 16.6. The Bertz CT molecular complexity index is 856. The van der Waals surface area contributed by atoms with Gasteiger partial charge in [0.05, 0.1) is 4.92 Å². The number of hydrogen-bond acceptors (Lipinski definition) is 5. The number of nitro groups is 1.